The molecule has 3 heteroatoms. The standard InChI is InChI=1S/C17H26N2O/c1-12(2)15-5-7-19(11-15)16(10-18)13-3-4-17-14(9-13)6-8-20-17/h3-4,9,12,15-16H,5-8,10-11,18H2,1-2H3. The minimum absolute atomic E-state index is 0.365. The van der Waals surface area contributed by atoms with E-state index < -0.39 is 0 Å². The van der Waals surface area contributed by atoms with Crippen LogP contribution in [0.25, 0.3) is 0 Å². The summed E-state index contributed by atoms with van der Waals surface area (Å²) in [6.45, 7) is 8.55. The number of likely N-dealkylation sites (tertiary alicyclic amines) is 1. The Labute approximate surface area is 122 Å². The second kappa shape index (κ2) is 5.74. The number of rotatable bonds is 4. The van der Waals surface area contributed by atoms with Crippen LogP contribution in [-0.2, 0) is 6.42 Å². The number of hydrogen-bond donors (Lipinski definition) is 1. The lowest BCUT2D eigenvalue weighted by Crippen LogP contribution is -2.32. The summed E-state index contributed by atoms with van der Waals surface area (Å²) in [6.07, 6.45) is 2.34. The van der Waals surface area contributed by atoms with Crippen LogP contribution >= 0.6 is 0 Å². The third kappa shape index (κ3) is 2.57. The van der Waals surface area contributed by atoms with E-state index in [1.54, 1.807) is 0 Å². The van der Waals surface area contributed by atoms with Crippen LogP contribution in [0.4, 0.5) is 0 Å². The summed E-state index contributed by atoms with van der Waals surface area (Å²) in [5.74, 6) is 2.65. The number of fused-ring (bicyclic) bond motifs is 1. The third-order valence-electron chi connectivity index (χ3n) is 4.96. The van der Waals surface area contributed by atoms with Crippen LogP contribution in [0.5, 0.6) is 5.75 Å². The van der Waals surface area contributed by atoms with Gasteiger partial charge in [-0.25, -0.2) is 0 Å². The van der Waals surface area contributed by atoms with Crippen molar-refractivity contribution in [2.45, 2.75) is 32.7 Å². The van der Waals surface area contributed by atoms with Crippen LogP contribution in [0.3, 0.4) is 0 Å². The fraction of sp³-hybridized carbons (Fsp3) is 0.647. The first-order valence-electron chi connectivity index (χ1n) is 7.88. The Balaban J connectivity index is 1.77. The maximum atomic E-state index is 6.08. The summed E-state index contributed by atoms with van der Waals surface area (Å²) in [6, 6.07) is 6.99. The Bertz CT molecular complexity index is 472. The highest BCUT2D eigenvalue weighted by Crippen LogP contribution is 2.33. The van der Waals surface area contributed by atoms with Crippen LogP contribution in [0.1, 0.15) is 37.4 Å². The zero-order valence-electron chi connectivity index (χ0n) is 12.6. The van der Waals surface area contributed by atoms with Crippen molar-refractivity contribution in [1.82, 2.24) is 4.90 Å². The molecule has 2 atom stereocenters. The van der Waals surface area contributed by atoms with Gasteiger partial charge in [-0.15, -0.1) is 0 Å². The maximum absolute atomic E-state index is 6.08. The van der Waals surface area contributed by atoms with E-state index >= 15 is 0 Å². The van der Waals surface area contributed by atoms with Crippen molar-refractivity contribution in [3.8, 4) is 5.75 Å². The number of nitrogens with two attached hydrogens (primary N) is 1. The molecule has 2 aliphatic heterocycles. The SMILES string of the molecule is CC(C)C1CCN(C(CN)c2ccc3c(c2)CCO3)C1. The first-order chi connectivity index (χ1) is 9.69. The lowest BCUT2D eigenvalue weighted by Gasteiger charge is -2.28. The van der Waals surface area contributed by atoms with Gasteiger partial charge in [0.2, 0.25) is 0 Å². The topological polar surface area (TPSA) is 38.5 Å². The van der Waals surface area contributed by atoms with Crippen LogP contribution < -0.4 is 10.5 Å². The minimum atomic E-state index is 0.365. The average molecular weight is 274 g/mol. The lowest BCUT2D eigenvalue weighted by molar-refractivity contribution is 0.232. The molecule has 0 aliphatic carbocycles. The van der Waals surface area contributed by atoms with Gasteiger partial charge >= 0.3 is 0 Å². The van der Waals surface area contributed by atoms with Gasteiger partial charge in [0.25, 0.3) is 0 Å². The molecule has 0 amide bonds. The zero-order chi connectivity index (χ0) is 14.1. The predicted octanol–water partition coefficient (Wildman–Crippen LogP) is 2.60. The Morgan fingerprint density at radius 1 is 1.40 bits per heavy atom. The molecule has 1 aromatic carbocycles. The molecule has 0 saturated carbocycles. The molecular formula is C17H26N2O. The number of nitrogens with zero attached hydrogens (tertiary/aromatic N) is 1. The van der Waals surface area contributed by atoms with Crippen molar-refractivity contribution >= 4 is 0 Å². The summed E-state index contributed by atoms with van der Waals surface area (Å²) >= 11 is 0. The van der Waals surface area contributed by atoms with Crippen molar-refractivity contribution in [3.63, 3.8) is 0 Å². The van der Waals surface area contributed by atoms with E-state index in [0.717, 1.165) is 30.6 Å². The summed E-state index contributed by atoms with van der Waals surface area (Å²) in [4.78, 5) is 2.57. The monoisotopic (exact) mass is 274 g/mol. The van der Waals surface area contributed by atoms with E-state index in [1.807, 2.05) is 0 Å². The first kappa shape index (κ1) is 13.9. The molecule has 20 heavy (non-hydrogen) atoms. The van der Waals surface area contributed by atoms with Crippen LogP contribution in [0.15, 0.2) is 18.2 Å². The second-order valence-corrected chi connectivity index (χ2v) is 6.50. The van der Waals surface area contributed by atoms with Gasteiger partial charge in [0.15, 0.2) is 0 Å². The molecule has 110 valence electrons. The Morgan fingerprint density at radius 2 is 2.25 bits per heavy atom. The Morgan fingerprint density at radius 3 is 2.95 bits per heavy atom. The third-order valence-corrected chi connectivity index (χ3v) is 4.96. The number of ether oxygens (including phenoxy) is 1. The molecule has 1 saturated heterocycles. The fourth-order valence-corrected chi connectivity index (χ4v) is 3.55. The smallest absolute Gasteiger partial charge is 0.122 e. The largest absolute Gasteiger partial charge is 0.493 e. The maximum Gasteiger partial charge on any atom is 0.122 e. The van der Waals surface area contributed by atoms with Gasteiger partial charge in [0.1, 0.15) is 5.75 Å². The molecular weight excluding hydrogens is 248 g/mol. The highest BCUT2D eigenvalue weighted by atomic mass is 16.5. The predicted molar refractivity (Wildman–Crippen MR) is 82.0 cm³/mol. The molecule has 0 bridgehead atoms. The molecule has 0 radical (unpaired) electrons. The Hall–Kier alpha value is -1.06. The van der Waals surface area contributed by atoms with Gasteiger partial charge in [-0.1, -0.05) is 26.0 Å². The van der Waals surface area contributed by atoms with Gasteiger partial charge < -0.3 is 10.5 Å². The molecule has 2 N–H and O–H groups in total. The first-order valence-corrected chi connectivity index (χ1v) is 7.88. The van der Waals surface area contributed by atoms with Crippen LogP contribution in [0, 0.1) is 11.8 Å². The fourth-order valence-electron chi connectivity index (χ4n) is 3.55. The van der Waals surface area contributed by atoms with Crippen molar-refractivity contribution < 1.29 is 4.74 Å². The lowest BCUT2D eigenvalue weighted by atomic mass is 9.95. The van der Waals surface area contributed by atoms with Gasteiger partial charge in [-0.05, 0) is 42.0 Å². The molecule has 3 nitrogen and oxygen atoms in total. The zero-order valence-corrected chi connectivity index (χ0v) is 12.6. The van der Waals surface area contributed by atoms with E-state index in [4.69, 9.17) is 10.5 Å². The Kier molecular flexibility index (Phi) is 3.99. The van der Waals surface area contributed by atoms with Gasteiger partial charge in [0.05, 0.1) is 6.61 Å². The molecule has 3 rings (SSSR count). The summed E-state index contributed by atoms with van der Waals surface area (Å²) in [7, 11) is 0. The summed E-state index contributed by atoms with van der Waals surface area (Å²) < 4.78 is 5.60. The molecule has 1 aromatic rings. The molecule has 1 fully saturated rings. The minimum Gasteiger partial charge on any atom is -0.493 e. The molecule has 0 spiro atoms. The van der Waals surface area contributed by atoms with Crippen molar-refractivity contribution in [3.05, 3.63) is 29.3 Å². The van der Waals surface area contributed by atoms with Gasteiger partial charge in [-0.2, -0.15) is 0 Å². The average Bonchev–Trinajstić information content (AvgIpc) is 3.07. The van der Waals surface area contributed by atoms with E-state index in [2.05, 4.69) is 36.9 Å². The number of benzene rings is 1. The van der Waals surface area contributed by atoms with E-state index in [1.165, 1.54) is 30.6 Å². The summed E-state index contributed by atoms with van der Waals surface area (Å²) in [5, 5.41) is 0. The highest BCUT2D eigenvalue weighted by molar-refractivity contribution is 5.41. The van der Waals surface area contributed by atoms with Crippen molar-refractivity contribution in [1.29, 1.82) is 0 Å². The second-order valence-electron chi connectivity index (χ2n) is 6.50. The van der Waals surface area contributed by atoms with Crippen molar-refractivity contribution in [2.75, 3.05) is 26.2 Å². The molecule has 2 unspecified atom stereocenters. The molecule has 0 aromatic heterocycles. The van der Waals surface area contributed by atoms with Crippen LogP contribution in [-0.4, -0.2) is 31.1 Å². The van der Waals surface area contributed by atoms with Gasteiger partial charge in [-0.3, -0.25) is 4.90 Å². The van der Waals surface area contributed by atoms with E-state index in [-0.39, 0.29) is 0 Å². The molecule has 2 aliphatic rings. The van der Waals surface area contributed by atoms with E-state index in [0.29, 0.717) is 12.6 Å². The van der Waals surface area contributed by atoms with Crippen molar-refractivity contribution in [2.24, 2.45) is 17.6 Å². The molecule has 2 heterocycles. The quantitative estimate of drug-likeness (QED) is 0.917. The van der Waals surface area contributed by atoms with E-state index in [9.17, 15) is 0 Å². The normalized spacial score (nSPS) is 23.9. The van der Waals surface area contributed by atoms with Gasteiger partial charge in [0, 0.05) is 25.6 Å². The van der Waals surface area contributed by atoms with Crippen LogP contribution in [0.2, 0.25) is 0 Å². The number of hydrogen-bond acceptors (Lipinski definition) is 3. The summed E-state index contributed by atoms with van der Waals surface area (Å²) in [5.41, 5.74) is 8.79. The highest BCUT2D eigenvalue weighted by Gasteiger charge is 2.30.